The second-order valence-corrected chi connectivity index (χ2v) is 28.3. The summed E-state index contributed by atoms with van der Waals surface area (Å²) in [6, 6.07) is -0.913. The number of halogens is 5. The topological polar surface area (TPSA) is 20.2 Å². The Kier molecular flexibility index (Phi) is 47.7. The third kappa shape index (κ3) is 57.6. The monoisotopic (exact) mass is 780 g/mol. The van der Waals surface area contributed by atoms with Gasteiger partial charge < -0.3 is 4.80 Å². The van der Waals surface area contributed by atoms with Gasteiger partial charge in [0.25, 0.3) is 0 Å². The summed E-state index contributed by atoms with van der Waals surface area (Å²) in [4.78, 5) is 9.30. The molecule has 0 unspecified atom stereocenters. The molecular weight excluding hydrogens is 706 g/mol. The Bertz CT molecular complexity index is 532. The summed E-state index contributed by atoms with van der Waals surface area (Å²) in [7, 11) is 0. The van der Waals surface area contributed by atoms with E-state index in [1.165, 1.54) is 173 Å². The molecule has 0 aliphatic carbocycles. The number of unbranched alkanes of at least 4 members (excludes halogenated alkanes) is 28. The molecule has 1 nitrogen and oxygen atoms in total. The Morgan fingerprint density at radius 2 is 0.565 bits per heavy atom. The fourth-order valence-corrected chi connectivity index (χ4v) is 8.81. The molecule has 0 aliphatic rings. The van der Waals surface area contributed by atoms with Crippen LogP contribution < -0.4 is 0 Å². The minimum absolute atomic E-state index is 0.615. The molecule has 0 atom stereocenters. The Labute approximate surface area is 315 Å². The quantitative estimate of drug-likeness (QED) is 0.0298. The molecule has 0 heterocycles. The van der Waals surface area contributed by atoms with Crippen molar-refractivity contribution >= 4 is 68.3 Å². The maximum atomic E-state index is 9.30. The van der Waals surface area contributed by atoms with Crippen molar-refractivity contribution in [1.29, 1.82) is 0 Å². The van der Waals surface area contributed by atoms with Crippen molar-refractivity contribution < 1.29 is 4.80 Å². The lowest BCUT2D eigenvalue weighted by Crippen LogP contribution is -2.17. The first-order chi connectivity index (χ1) is 22.1. The molecule has 1 N–H and O–H groups in total. The molecule has 0 aromatic carbocycles. The van der Waals surface area contributed by atoms with Gasteiger partial charge in [-0.25, -0.2) is 0 Å². The maximum absolute atomic E-state index is 9.30. The molecule has 0 aromatic heterocycles. The van der Waals surface area contributed by atoms with E-state index in [0.29, 0.717) is 6.04 Å². The van der Waals surface area contributed by atoms with E-state index in [1.54, 1.807) is 0 Å². The molecule has 0 amide bonds. The smallest absolute Gasteiger partial charge is 0.386 e. The summed E-state index contributed by atoms with van der Waals surface area (Å²) in [5, 5.41) is 0. The van der Waals surface area contributed by atoms with Gasteiger partial charge in [-0.1, -0.05) is 193 Å². The largest absolute Gasteiger partial charge is 0.409 e. The highest BCUT2D eigenvalue weighted by Crippen LogP contribution is 2.27. The normalized spacial score (nSPS) is 11.4. The number of hydrogen-bond donors (Lipinski definition) is 1. The summed E-state index contributed by atoms with van der Waals surface area (Å²) >= 11 is 28.9. The average Bonchev–Trinajstić information content (AvgIpc) is 3.01. The Hall–Kier alpha value is 1.32. The van der Waals surface area contributed by atoms with Crippen LogP contribution in [0.1, 0.15) is 206 Å². The minimum Gasteiger partial charge on any atom is -0.409 e. The molecule has 0 bridgehead atoms. The fraction of sp³-hybridized carbons (Fsp3) is 0.895. The zero-order valence-corrected chi connectivity index (χ0v) is 36.3. The molecule has 8 heteroatoms. The van der Waals surface area contributed by atoms with Crippen molar-refractivity contribution in [3.63, 3.8) is 0 Å². The summed E-state index contributed by atoms with van der Waals surface area (Å²) in [6.07, 6.45) is 44.0. The van der Waals surface area contributed by atoms with E-state index in [4.69, 9.17) is 55.4 Å². The highest BCUT2D eigenvalue weighted by Gasteiger charge is 2.24. The summed E-state index contributed by atoms with van der Waals surface area (Å²) in [5.74, 6) is 0. The fourth-order valence-electron chi connectivity index (χ4n) is 5.48. The van der Waals surface area contributed by atoms with E-state index in [-0.39, 0.29) is 0 Å². The Morgan fingerprint density at radius 3 is 0.761 bits per heavy atom. The molecule has 0 aromatic rings. The Balaban J connectivity index is -0.000000762. The third-order valence-electron chi connectivity index (χ3n) is 8.25. The summed E-state index contributed by atoms with van der Waals surface area (Å²) in [5.41, 5.74) is 0. The zero-order valence-electron chi connectivity index (χ0n) is 30.5. The van der Waals surface area contributed by atoms with Crippen molar-refractivity contribution in [2.45, 2.75) is 219 Å². The van der Waals surface area contributed by atoms with E-state index >= 15 is 0 Å². The van der Waals surface area contributed by atoms with E-state index in [2.05, 4.69) is 13.2 Å². The predicted molar refractivity (Wildman–Crippen MR) is 223 cm³/mol. The van der Waals surface area contributed by atoms with E-state index < -0.39 is 12.9 Å². The predicted octanol–water partition coefficient (Wildman–Crippen LogP) is 17.1. The molecule has 0 fully saturated rings. The van der Waals surface area contributed by atoms with Crippen LogP contribution in [0.3, 0.4) is 0 Å². The lowest BCUT2D eigenvalue weighted by molar-refractivity contribution is 0.533. The first kappa shape index (κ1) is 51.7. The third-order valence-corrected chi connectivity index (χ3v) is 13.0. The van der Waals surface area contributed by atoms with Crippen molar-refractivity contribution in [2.75, 3.05) is 0 Å². The number of allylic oxidation sites excluding steroid dienone is 2. The second kappa shape index (κ2) is 42.5. The van der Waals surface area contributed by atoms with Crippen LogP contribution in [0.2, 0.25) is 12.1 Å². The Morgan fingerprint density at radius 1 is 0.370 bits per heavy atom. The van der Waals surface area contributed by atoms with Gasteiger partial charge in [-0.05, 0) is 37.8 Å². The molecule has 278 valence electrons. The first-order valence-electron chi connectivity index (χ1n) is 19.5. The van der Waals surface area contributed by atoms with Crippen LogP contribution in [0.4, 0.5) is 0 Å². The van der Waals surface area contributed by atoms with E-state index in [9.17, 15) is 4.80 Å². The van der Waals surface area contributed by atoms with Crippen LogP contribution in [0.15, 0.2) is 25.3 Å². The molecule has 0 radical (unpaired) electrons. The van der Waals surface area contributed by atoms with Crippen molar-refractivity contribution in [3.8, 4) is 0 Å². The maximum Gasteiger partial charge on any atom is 0.386 e. The molecule has 0 spiro atoms. The summed E-state index contributed by atoms with van der Waals surface area (Å²) in [6.45, 7) is 8.69. The standard InChI is InChI=1S/C18H35Cl3Si.C18H36Cl2OSi.C2H6/c2*1-2-3-4-5-6-7-8-9-10-11-12-13-14-15-16-17-18-22(19,20)21;1-2/h2H,1,3-18H2;2,21H,1,3-18H2;1-2H3. The van der Waals surface area contributed by atoms with Gasteiger partial charge in [-0.3, -0.25) is 0 Å². The van der Waals surface area contributed by atoms with Crippen LogP contribution in [-0.2, 0) is 0 Å². The number of hydrogen-bond acceptors (Lipinski definition) is 1. The lowest BCUT2D eigenvalue weighted by Gasteiger charge is -2.07. The molecule has 46 heavy (non-hydrogen) atoms. The van der Waals surface area contributed by atoms with Gasteiger partial charge >= 0.3 is 12.9 Å². The number of rotatable bonds is 34. The van der Waals surface area contributed by atoms with Crippen molar-refractivity contribution in [1.82, 2.24) is 0 Å². The van der Waals surface area contributed by atoms with Gasteiger partial charge in [0.1, 0.15) is 0 Å². The average molecular weight is 783 g/mol. The van der Waals surface area contributed by atoms with Crippen LogP contribution >= 0.6 is 55.4 Å². The van der Waals surface area contributed by atoms with Gasteiger partial charge in [0.2, 0.25) is 0 Å². The zero-order chi connectivity index (χ0) is 35.0. The highest BCUT2D eigenvalue weighted by molar-refractivity contribution is 7.64. The van der Waals surface area contributed by atoms with E-state index in [0.717, 1.165) is 25.3 Å². The molecular formula is C38H77Cl5OSi2. The van der Waals surface area contributed by atoms with Gasteiger partial charge in [-0.15, -0.1) is 68.6 Å². The molecule has 0 saturated heterocycles. The highest BCUT2D eigenvalue weighted by atomic mass is 35.8. The molecule has 0 rings (SSSR count). The van der Waals surface area contributed by atoms with Crippen molar-refractivity contribution in [3.05, 3.63) is 25.3 Å². The second-order valence-electron chi connectivity index (χ2n) is 12.8. The van der Waals surface area contributed by atoms with E-state index in [1.807, 2.05) is 26.0 Å². The molecule has 0 saturated carbocycles. The van der Waals surface area contributed by atoms with Crippen LogP contribution in [0, 0.1) is 0 Å². The van der Waals surface area contributed by atoms with Gasteiger partial charge in [0.15, 0.2) is 0 Å². The SMILES string of the molecule is C=CCCCCCCCCCCCCCCCC[Si](Cl)(Cl)Cl.C=CCCCCCCCCCCCCCCCC[Si](O)(Cl)Cl.CC. The van der Waals surface area contributed by atoms with Crippen LogP contribution in [0.5, 0.6) is 0 Å². The van der Waals surface area contributed by atoms with Crippen LogP contribution in [-0.4, -0.2) is 17.7 Å². The van der Waals surface area contributed by atoms with Gasteiger partial charge in [0, 0.05) is 0 Å². The van der Waals surface area contributed by atoms with Gasteiger partial charge in [-0.2, -0.15) is 0 Å². The lowest BCUT2D eigenvalue weighted by atomic mass is 10.0. The van der Waals surface area contributed by atoms with Crippen molar-refractivity contribution in [2.24, 2.45) is 0 Å². The van der Waals surface area contributed by atoms with Gasteiger partial charge in [0.05, 0.1) is 0 Å². The summed E-state index contributed by atoms with van der Waals surface area (Å²) < 4.78 is 0. The first-order valence-corrected chi connectivity index (χ1v) is 28.9. The van der Waals surface area contributed by atoms with Crippen LogP contribution in [0.25, 0.3) is 0 Å². The molecule has 0 aliphatic heterocycles. The minimum atomic E-state index is -2.82.